The highest BCUT2D eigenvalue weighted by Gasteiger charge is 2.26. The Balaban J connectivity index is 2.05. The summed E-state index contributed by atoms with van der Waals surface area (Å²) < 4.78 is 0. The second kappa shape index (κ2) is 5.52. The van der Waals surface area contributed by atoms with Crippen LogP contribution in [-0.2, 0) is 11.2 Å². The van der Waals surface area contributed by atoms with Crippen molar-refractivity contribution in [2.75, 3.05) is 19.6 Å². The van der Waals surface area contributed by atoms with E-state index in [1.54, 1.807) is 29.2 Å². The summed E-state index contributed by atoms with van der Waals surface area (Å²) >= 11 is 0. The van der Waals surface area contributed by atoms with Crippen molar-refractivity contribution in [1.82, 2.24) is 10.2 Å². The van der Waals surface area contributed by atoms with Crippen molar-refractivity contribution in [2.24, 2.45) is 0 Å². The van der Waals surface area contributed by atoms with Gasteiger partial charge in [-0.2, -0.15) is 5.26 Å². The van der Waals surface area contributed by atoms with E-state index < -0.39 is 6.04 Å². The molecule has 5 heteroatoms. The average Bonchev–Trinajstić information content (AvgIpc) is 2.38. The lowest BCUT2D eigenvalue weighted by atomic mass is 10.1. The van der Waals surface area contributed by atoms with Crippen molar-refractivity contribution in [3.63, 3.8) is 0 Å². The number of rotatable bonds is 2. The number of nitrogens with one attached hydrogen (secondary N) is 1. The molecule has 2 N–H and O–H groups in total. The van der Waals surface area contributed by atoms with Gasteiger partial charge in [0.1, 0.15) is 11.8 Å². The number of carbonyl (C=O) groups is 1. The van der Waals surface area contributed by atoms with Crippen molar-refractivity contribution >= 4 is 5.91 Å². The molecule has 0 aromatic heterocycles. The van der Waals surface area contributed by atoms with Crippen LogP contribution in [0.2, 0.25) is 0 Å². The van der Waals surface area contributed by atoms with Crippen LogP contribution in [0.1, 0.15) is 5.56 Å². The monoisotopic (exact) mass is 245 g/mol. The molecule has 1 amide bonds. The number of carbonyl (C=O) groups excluding carboxylic acids is 1. The number of hydrogen-bond acceptors (Lipinski definition) is 4. The number of piperazine rings is 1. The summed E-state index contributed by atoms with van der Waals surface area (Å²) in [5.74, 6) is 0.0751. The summed E-state index contributed by atoms with van der Waals surface area (Å²) in [5, 5.41) is 21.4. The SMILES string of the molecule is N#CC1CNCCN1C(=O)Cc1cccc(O)c1. The van der Waals surface area contributed by atoms with Crippen LogP contribution in [-0.4, -0.2) is 41.6 Å². The third kappa shape index (κ3) is 2.79. The lowest BCUT2D eigenvalue weighted by Gasteiger charge is -2.32. The quantitative estimate of drug-likeness (QED) is 0.783. The number of benzene rings is 1. The Bertz CT molecular complexity index is 481. The summed E-state index contributed by atoms with van der Waals surface area (Å²) in [6, 6.07) is 8.36. The molecule has 0 radical (unpaired) electrons. The van der Waals surface area contributed by atoms with Gasteiger partial charge in [-0.3, -0.25) is 4.79 Å². The van der Waals surface area contributed by atoms with Crippen LogP contribution in [0.5, 0.6) is 5.75 Å². The average molecular weight is 245 g/mol. The molecule has 1 fully saturated rings. The molecule has 0 aliphatic carbocycles. The van der Waals surface area contributed by atoms with Gasteiger partial charge in [-0.1, -0.05) is 12.1 Å². The van der Waals surface area contributed by atoms with Crippen molar-refractivity contribution in [3.05, 3.63) is 29.8 Å². The number of phenolic OH excluding ortho intramolecular Hbond substituents is 1. The van der Waals surface area contributed by atoms with Gasteiger partial charge in [0.15, 0.2) is 0 Å². The van der Waals surface area contributed by atoms with Gasteiger partial charge in [-0.25, -0.2) is 0 Å². The van der Waals surface area contributed by atoms with Gasteiger partial charge in [-0.15, -0.1) is 0 Å². The summed E-state index contributed by atoms with van der Waals surface area (Å²) in [6.07, 6.45) is 0.215. The molecule has 1 unspecified atom stereocenters. The number of amides is 1. The maximum absolute atomic E-state index is 12.1. The molecule has 1 aliphatic rings. The van der Waals surface area contributed by atoms with Crippen molar-refractivity contribution in [1.29, 1.82) is 5.26 Å². The highest BCUT2D eigenvalue weighted by atomic mass is 16.3. The van der Waals surface area contributed by atoms with E-state index in [1.165, 1.54) is 0 Å². The van der Waals surface area contributed by atoms with Gasteiger partial charge in [0.25, 0.3) is 0 Å². The van der Waals surface area contributed by atoms with Crippen LogP contribution >= 0.6 is 0 Å². The Hall–Kier alpha value is -2.06. The molecule has 1 saturated heterocycles. The molecule has 1 aromatic carbocycles. The van der Waals surface area contributed by atoms with E-state index in [1.807, 2.05) is 0 Å². The van der Waals surface area contributed by atoms with Gasteiger partial charge in [0.05, 0.1) is 12.5 Å². The van der Waals surface area contributed by atoms with E-state index >= 15 is 0 Å². The van der Waals surface area contributed by atoms with Gasteiger partial charge in [0, 0.05) is 19.6 Å². The van der Waals surface area contributed by atoms with Crippen molar-refractivity contribution in [3.8, 4) is 11.8 Å². The fourth-order valence-electron chi connectivity index (χ4n) is 2.06. The first kappa shape index (κ1) is 12.4. The minimum Gasteiger partial charge on any atom is -0.508 e. The normalized spacial score (nSPS) is 19.3. The highest BCUT2D eigenvalue weighted by Crippen LogP contribution is 2.13. The lowest BCUT2D eigenvalue weighted by molar-refractivity contribution is -0.132. The van der Waals surface area contributed by atoms with Crippen LogP contribution < -0.4 is 5.32 Å². The van der Waals surface area contributed by atoms with Gasteiger partial charge in [-0.05, 0) is 17.7 Å². The number of hydrogen-bond donors (Lipinski definition) is 2. The first-order valence-electron chi connectivity index (χ1n) is 5.88. The van der Waals surface area contributed by atoms with Crippen LogP contribution in [0.15, 0.2) is 24.3 Å². The molecule has 94 valence electrons. The van der Waals surface area contributed by atoms with Gasteiger partial charge >= 0.3 is 0 Å². The fourth-order valence-corrected chi connectivity index (χ4v) is 2.06. The molecule has 2 rings (SSSR count). The molecule has 1 heterocycles. The van der Waals surface area contributed by atoms with Crippen LogP contribution in [0.25, 0.3) is 0 Å². The molecule has 1 aliphatic heterocycles. The number of nitriles is 1. The fraction of sp³-hybridized carbons (Fsp3) is 0.385. The van der Waals surface area contributed by atoms with Gasteiger partial charge < -0.3 is 15.3 Å². The van der Waals surface area contributed by atoms with Crippen LogP contribution in [0.4, 0.5) is 0 Å². The minimum absolute atomic E-state index is 0.0753. The summed E-state index contributed by atoms with van der Waals surface area (Å²) in [5.41, 5.74) is 0.759. The molecule has 0 saturated carbocycles. The Labute approximate surface area is 106 Å². The first-order chi connectivity index (χ1) is 8.70. The number of phenols is 1. The highest BCUT2D eigenvalue weighted by molar-refractivity contribution is 5.79. The Kier molecular flexibility index (Phi) is 3.80. The second-order valence-corrected chi connectivity index (χ2v) is 4.28. The van der Waals surface area contributed by atoms with E-state index in [9.17, 15) is 9.90 Å². The third-order valence-corrected chi connectivity index (χ3v) is 2.98. The maximum Gasteiger partial charge on any atom is 0.228 e. The maximum atomic E-state index is 12.1. The molecule has 1 atom stereocenters. The zero-order valence-electron chi connectivity index (χ0n) is 9.97. The molecule has 0 bridgehead atoms. The minimum atomic E-state index is -0.399. The predicted octanol–water partition coefficient (Wildman–Crippen LogP) is 0.259. The van der Waals surface area contributed by atoms with Gasteiger partial charge in [0.2, 0.25) is 5.91 Å². The van der Waals surface area contributed by atoms with Crippen LogP contribution in [0.3, 0.4) is 0 Å². The zero-order valence-corrected chi connectivity index (χ0v) is 9.97. The number of nitrogens with zero attached hydrogens (tertiary/aromatic N) is 2. The van der Waals surface area contributed by atoms with Crippen LogP contribution in [0, 0.1) is 11.3 Å². The lowest BCUT2D eigenvalue weighted by Crippen LogP contribution is -2.53. The molecule has 0 spiro atoms. The standard InChI is InChI=1S/C13H15N3O2/c14-8-11-9-15-4-5-16(11)13(18)7-10-2-1-3-12(17)6-10/h1-3,6,11,15,17H,4-5,7,9H2. The summed E-state index contributed by atoms with van der Waals surface area (Å²) in [7, 11) is 0. The molecular weight excluding hydrogens is 230 g/mol. The third-order valence-electron chi connectivity index (χ3n) is 2.98. The molecular formula is C13H15N3O2. The zero-order chi connectivity index (χ0) is 13.0. The molecule has 18 heavy (non-hydrogen) atoms. The van der Waals surface area contributed by atoms with E-state index in [2.05, 4.69) is 11.4 Å². The largest absolute Gasteiger partial charge is 0.508 e. The van der Waals surface area contributed by atoms with E-state index in [-0.39, 0.29) is 18.1 Å². The Morgan fingerprint density at radius 3 is 3.17 bits per heavy atom. The van der Waals surface area contributed by atoms with Crippen molar-refractivity contribution < 1.29 is 9.90 Å². The Morgan fingerprint density at radius 1 is 1.61 bits per heavy atom. The van der Waals surface area contributed by atoms with E-state index in [4.69, 9.17) is 5.26 Å². The summed E-state index contributed by atoms with van der Waals surface area (Å²) in [6.45, 7) is 1.78. The topological polar surface area (TPSA) is 76.4 Å². The van der Waals surface area contributed by atoms with Crippen molar-refractivity contribution in [2.45, 2.75) is 12.5 Å². The Morgan fingerprint density at radius 2 is 2.44 bits per heavy atom. The first-order valence-corrected chi connectivity index (χ1v) is 5.88. The smallest absolute Gasteiger partial charge is 0.228 e. The molecule has 5 nitrogen and oxygen atoms in total. The number of aromatic hydroxyl groups is 1. The molecule has 1 aromatic rings. The predicted molar refractivity (Wildman–Crippen MR) is 65.8 cm³/mol. The van der Waals surface area contributed by atoms with E-state index in [0.29, 0.717) is 19.6 Å². The second-order valence-electron chi connectivity index (χ2n) is 4.28. The summed E-state index contributed by atoms with van der Waals surface area (Å²) in [4.78, 5) is 13.7. The van der Waals surface area contributed by atoms with E-state index in [0.717, 1.165) is 5.56 Å².